The van der Waals surface area contributed by atoms with Crippen molar-refractivity contribution >= 4 is 39.4 Å². The molecule has 1 fully saturated rings. The van der Waals surface area contributed by atoms with E-state index in [0.717, 1.165) is 22.3 Å². The molecular weight excluding hydrogens is 452 g/mol. The number of carbonyl (C=O) groups is 1. The summed E-state index contributed by atoms with van der Waals surface area (Å²) in [5.74, 6) is -1.13. The third-order valence-electron chi connectivity index (χ3n) is 6.27. The Balaban J connectivity index is 1.37. The van der Waals surface area contributed by atoms with Crippen LogP contribution in [0.15, 0.2) is 66.7 Å². The monoisotopic (exact) mass is 482 g/mol. The van der Waals surface area contributed by atoms with Crippen LogP contribution in [0.2, 0.25) is 0 Å². The lowest BCUT2D eigenvalue weighted by Crippen LogP contribution is -2.58. The maximum atomic E-state index is 11.7. The Morgan fingerprint density at radius 3 is 2.26 bits per heavy atom. The molecule has 0 amide bonds. The van der Waals surface area contributed by atoms with Gasteiger partial charge in [0, 0.05) is 51.1 Å². The Kier molecular flexibility index (Phi) is 7.47. The summed E-state index contributed by atoms with van der Waals surface area (Å²) >= 11 is -2.39. The average molecular weight is 483 g/mol. The van der Waals surface area contributed by atoms with Gasteiger partial charge < -0.3 is 14.9 Å². The lowest BCUT2D eigenvalue weighted by Gasteiger charge is -2.41. The molecule has 0 radical (unpaired) electrons. The lowest BCUT2D eigenvalue weighted by atomic mass is 10.1. The summed E-state index contributed by atoms with van der Waals surface area (Å²) in [4.78, 5) is 15.7. The molecule has 180 valence electrons. The van der Waals surface area contributed by atoms with Gasteiger partial charge in [0.05, 0.1) is 0 Å². The molecule has 2 atom stereocenters. The summed E-state index contributed by atoms with van der Waals surface area (Å²) in [6.45, 7) is 4.41. The summed E-state index contributed by atoms with van der Waals surface area (Å²) in [7, 11) is 2.08. The quantitative estimate of drug-likeness (QED) is 0.476. The first-order valence-corrected chi connectivity index (χ1v) is 12.3. The van der Waals surface area contributed by atoms with Gasteiger partial charge in [-0.05, 0) is 53.6 Å². The zero-order valence-electron chi connectivity index (χ0n) is 19.4. The number of aliphatic carboxylic acids is 1. The van der Waals surface area contributed by atoms with Gasteiger partial charge in [-0.25, -0.2) is 9.22 Å². The molecule has 2 N–H and O–H groups in total. The predicted octanol–water partition coefficient (Wildman–Crippen LogP) is 3.43. The molecule has 1 heterocycles. The Bertz CT molecular complexity index is 1170. The highest BCUT2D eigenvalue weighted by molar-refractivity contribution is 7.76. The fourth-order valence-electron chi connectivity index (χ4n) is 4.34. The Hall–Kier alpha value is -2.98. The Morgan fingerprint density at radius 1 is 1.00 bits per heavy atom. The van der Waals surface area contributed by atoms with Gasteiger partial charge in [0.2, 0.25) is 11.3 Å². The van der Waals surface area contributed by atoms with Crippen molar-refractivity contribution in [1.82, 2.24) is 9.42 Å². The fraction of sp³-hybridized carbons (Fsp3) is 0.320. The Labute approximate surface area is 202 Å². The molecule has 0 aliphatic carbocycles. The van der Waals surface area contributed by atoms with E-state index in [0.29, 0.717) is 26.2 Å². The van der Waals surface area contributed by atoms with Gasteiger partial charge in [0.25, 0.3) is 0 Å². The van der Waals surface area contributed by atoms with E-state index in [9.17, 15) is 18.7 Å². The number of hydrogen-bond donors (Lipinski definition) is 2. The minimum atomic E-state index is -2.39. The topological polar surface area (TPSA) is 87.6 Å². The highest BCUT2D eigenvalue weighted by Gasteiger charge is 2.33. The minimum absolute atomic E-state index is 0.466. The molecule has 0 saturated carbocycles. The first kappa shape index (κ1) is 24.2. The molecule has 2 unspecified atom stereocenters. The lowest BCUT2D eigenvalue weighted by molar-refractivity contribution is -0.145. The van der Waals surface area contributed by atoms with Crippen LogP contribution in [0.1, 0.15) is 12.5 Å². The van der Waals surface area contributed by atoms with Crippen LogP contribution >= 0.6 is 0 Å². The molecule has 0 spiro atoms. The van der Waals surface area contributed by atoms with Crippen LogP contribution in [-0.2, 0) is 22.6 Å². The van der Waals surface area contributed by atoms with Gasteiger partial charge in [-0.3, -0.25) is 9.35 Å². The predicted molar refractivity (Wildman–Crippen MR) is 136 cm³/mol. The number of fused-ring (bicyclic) bond motifs is 1. The van der Waals surface area contributed by atoms with Crippen LogP contribution in [0.3, 0.4) is 0 Å². The van der Waals surface area contributed by atoms with Crippen LogP contribution in [0.5, 0.6) is 0 Å². The van der Waals surface area contributed by atoms with Crippen LogP contribution in [0.25, 0.3) is 10.8 Å². The van der Waals surface area contributed by atoms with Crippen molar-refractivity contribution in [2.75, 3.05) is 43.0 Å². The van der Waals surface area contributed by atoms with E-state index in [2.05, 4.69) is 83.6 Å². The standard InChI is InChI=1S/C25H30N4O4S/c1-19(25(30)31)29(34(32)33)28-15-13-27(14-16-28)24-11-9-23(10-12-24)26(2)18-20-7-8-21-5-3-4-6-22(21)17-20/h3-12,17,19H,13-16,18H2,1-2H3,(H,30,31)(H,32,33). The number of carboxylic acid groups (broad SMARTS) is 1. The number of rotatable bonds is 8. The second-order valence-electron chi connectivity index (χ2n) is 8.54. The summed E-state index contributed by atoms with van der Waals surface area (Å²) < 4.78 is 22.3. The number of hydrazine groups is 1. The molecule has 4 rings (SSSR count). The highest BCUT2D eigenvalue weighted by Crippen LogP contribution is 2.24. The molecule has 3 aromatic rings. The van der Waals surface area contributed by atoms with Crippen LogP contribution in [-0.4, -0.2) is 68.5 Å². The van der Waals surface area contributed by atoms with E-state index < -0.39 is 23.3 Å². The van der Waals surface area contributed by atoms with Gasteiger partial charge >= 0.3 is 5.97 Å². The van der Waals surface area contributed by atoms with E-state index in [1.54, 1.807) is 5.01 Å². The number of piperazine rings is 1. The second-order valence-corrected chi connectivity index (χ2v) is 9.38. The maximum absolute atomic E-state index is 11.7. The molecule has 0 aromatic heterocycles. The minimum Gasteiger partial charge on any atom is -0.480 e. The van der Waals surface area contributed by atoms with Gasteiger partial charge in [-0.15, -0.1) is 4.41 Å². The van der Waals surface area contributed by atoms with E-state index in [4.69, 9.17) is 0 Å². The van der Waals surface area contributed by atoms with E-state index in [1.165, 1.54) is 23.3 Å². The molecule has 1 aliphatic rings. The largest absolute Gasteiger partial charge is 0.480 e. The molecule has 1 aliphatic heterocycles. The second kappa shape index (κ2) is 10.5. The van der Waals surface area contributed by atoms with E-state index in [-0.39, 0.29) is 0 Å². The van der Waals surface area contributed by atoms with Crippen LogP contribution in [0.4, 0.5) is 11.4 Å². The van der Waals surface area contributed by atoms with Crippen molar-refractivity contribution in [2.45, 2.75) is 19.5 Å². The summed E-state index contributed by atoms with van der Waals surface area (Å²) in [6, 6.07) is 22.2. The number of hydrogen-bond acceptors (Lipinski definition) is 5. The van der Waals surface area contributed by atoms with E-state index in [1.807, 2.05) is 0 Å². The van der Waals surface area contributed by atoms with Crippen molar-refractivity contribution < 1.29 is 18.7 Å². The SMILES string of the molecule is CC(C(=O)O)N(N1CCN(c2ccc(N(C)Cc3ccc4ccccc4c3)cc2)CC1)S(=O)O. The average Bonchev–Trinajstić information content (AvgIpc) is 2.84. The van der Waals surface area contributed by atoms with Crippen molar-refractivity contribution in [3.63, 3.8) is 0 Å². The van der Waals surface area contributed by atoms with Gasteiger partial charge in [-0.2, -0.15) is 0 Å². The fourth-order valence-corrected chi connectivity index (χ4v) is 5.07. The van der Waals surface area contributed by atoms with Crippen molar-refractivity contribution in [3.05, 3.63) is 72.3 Å². The summed E-state index contributed by atoms with van der Waals surface area (Å²) in [6.07, 6.45) is 0. The summed E-state index contributed by atoms with van der Waals surface area (Å²) in [5, 5.41) is 13.4. The van der Waals surface area contributed by atoms with Crippen LogP contribution in [0, 0.1) is 0 Å². The van der Waals surface area contributed by atoms with Gasteiger partial charge in [0.1, 0.15) is 6.04 Å². The maximum Gasteiger partial charge on any atom is 0.323 e. The zero-order valence-corrected chi connectivity index (χ0v) is 20.2. The molecule has 0 bridgehead atoms. The molecule has 3 aromatic carbocycles. The smallest absolute Gasteiger partial charge is 0.323 e. The summed E-state index contributed by atoms with van der Waals surface area (Å²) in [5.41, 5.74) is 3.45. The van der Waals surface area contributed by atoms with Gasteiger partial charge in [0.15, 0.2) is 0 Å². The third-order valence-corrected chi connectivity index (χ3v) is 7.14. The van der Waals surface area contributed by atoms with Crippen molar-refractivity contribution in [1.29, 1.82) is 0 Å². The highest BCUT2D eigenvalue weighted by atomic mass is 32.2. The van der Waals surface area contributed by atoms with Crippen molar-refractivity contribution in [2.24, 2.45) is 0 Å². The number of carboxylic acids is 1. The molecule has 8 nitrogen and oxygen atoms in total. The first-order valence-electron chi connectivity index (χ1n) is 11.2. The molecule has 9 heteroatoms. The number of benzene rings is 3. The van der Waals surface area contributed by atoms with E-state index >= 15 is 0 Å². The Morgan fingerprint density at radius 2 is 1.65 bits per heavy atom. The molecule has 34 heavy (non-hydrogen) atoms. The zero-order chi connectivity index (χ0) is 24.2. The normalized spacial score (nSPS) is 16.5. The third kappa shape index (κ3) is 5.39. The molecular formula is C25H30N4O4S. The van der Waals surface area contributed by atoms with Gasteiger partial charge in [-0.1, -0.05) is 36.4 Å². The first-order chi connectivity index (χ1) is 16.3. The number of nitrogens with zero attached hydrogens (tertiary/aromatic N) is 4. The molecule has 1 saturated heterocycles. The van der Waals surface area contributed by atoms with Crippen molar-refractivity contribution in [3.8, 4) is 0 Å². The van der Waals surface area contributed by atoms with Crippen LogP contribution < -0.4 is 9.80 Å². The number of anilines is 2.